The quantitative estimate of drug-likeness (QED) is 0.682. The number of carbonyl (C=O) groups excluding carboxylic acids is 1. The number of aromatic nitrogens is 4. The van der Waals surface area contributed by atoms with Crippen LogP contribution < -0.4 is 5.32 Å². The molecule has 144 valence electrons. The first kappa shape index (κ1) is 18.3. The molecule has 28 heavy (non-hydrogen) atoms. The SMILES string of the molecule is O=C(CCc1nnn2c1CN(Cc1ccncc1)CC2)NCc1ccccc1. The van der Waals surface area contributed by atoms with Crippen molar-refractivity contribution in [3.63, 3.8) is 0 Å². The molecule has 4 rings (SSSR count). The molecule has 0 fully saturated rings. The van der Waals surface area contributed by atoms with Crippen LogP contribution in [0, 0.1) is 0 Å². The van der Waals surface area contributed by atoms with Gasteiger partial charge in [0.25, 0.3) is 0 Å². The molecule has 7 heteroatoms. The largest absolute Gasteiger partial charge is 0.352 e. The van der Waals surface area contributed by atoms with Gasteiger partial charge in [-0.1, -0.05) is 35.5 Å². The second kappa shape index (κ2) is 8.75. The van der Waals surface area contributed by atoms with E-state index >= 15 is 0 Å². The van der Waals surface area contributed by atoms with Gasteiger partial charge in [0.1, 0.15) is 0 Å². The molecule has 3 aromatic rings. The van der Waals surface area contributed by atoms with Gasteiger partial charge in [-0.05, 0) is 23.3 Å². The van der Waals surface area contributed by atoms with Crippen LogP contribution in [-0.2, 0) is 37.4 Å². The minimum Gasteiger partial charge on any atom is -0.352 e. The lowest BCUT2D eigenvalue weighted by atomic mass is 10.1. The minimum absolute atomic E-state index is 0.0371. The average Bonchev–Trinajstić information content (AvgIpc) is 3.14. The molecule has 0 atom stereocenters. The van der Waals surface area contributed by atoms with E-state index < -0.39 is 0 Å². The Labute approximate surface area is 164 Å². The van der Waals surface area contributed by atoms with Gasteiger partial charge >= 0.3 is 0 Å². The fourth-order valence-corrected chi connectivity index (χ4v) is 3.44. The van der Waals surface area contributed by atoms with Crippen LogP contribution in [-0.4, -0.2) is 37.3 Å². The van der Waals surface area contributed by atoms with Gasteiger partial charge in [0.05, 0.1) is 17.9 Å². The third kappa shape index (κ3) is 4.61. The lowest BCUT2D eigenvalue weighted by Gasteiger charge is -2.27. The summed E-state index contributed by atoms with van der Waals surface area (Å²) in [7, 11) is 0. The van der Waals surface area contributed by atoms with Crippen LogP contribution in [0.5, 0.6) is 0 Å². The summed E-state index contributed by atoms with van der Waals surface area (Å²) in [6.07, 6.45) is 4.68. The third-order valence-electron chi connectivity index (χ3n) is 5.00. The summed E-state index contributed by atoms with van der Waals surface area (Å²) in [5.41, 5.74) is 4.40. The number of hydrogen-bond donors (Lipinski definition) is 1. The molecule has 0 saturated heterocycles. The fraction of sp³-hybridized carbons (Fsp3) is 0.333. The van der Waals surface area contributed by atoms with E-state index in [4.69, 9.17) is 0 Å². The van der Waals surface area contributed by atoms with Crippen LogP contribution in [0.2, 0.25) is 0 Å². The van der Waals surface area contributed by atoms with Crippen molar-refractivity contribution < 1.29 is 4.79 Å². The molecule has 3 heterocycles. The molecule has 0 saturated carbocycles. The summed E-state index contributed by atoms with van der Waals surface area (Å²) in [5.74, 6) is 0.0371. The molecule has 1 aromatic carbocycles. The highest BCUT2D eigenvalue weighted by molar-refractivity contribution is 5.76. The van der Waals surface area contributed by atoms with Crippen molar-refractivity contribution in [2.45, 2.75) is 39.0 Å². The van der Waals surface area contributed by atoms with E-state index in [1.165, 1.54) is 5.56 Å². The first-order chi connectivity index (χ1) is 13.8. The second-order valence-electron chi connectivity index (χ2n) is 7.03. The minimum atomic E-state index is 0.0371. The predicted octanol–water partition coefficient (Wildman–Crippen LogP) is 1.94. The summed E-state index contributed by atoms with van der Waals surface area (Å²) in [6, 6.07) is 14.0. The van der Waals surface area contributed by atoms with Crippen LogP contribution in [0.1, 0.15) is 28.9 Å². The molecular weight excluding hydrogens is 352 g/mol. The number of amides is 1. The summed E-state index contributed by atoms with van der Waals surface area (Å²) >= 11 is 0. The molecule has 1 N–H and O–H groups in total. The summed E-state index contributed by atoms with van der Waals surface area (Å²) in [6.45, 7) is 4.00. The Morgan fingerprint density at radius 3 is 2.68 bits per heavy atom. The van der Waals surface area contributed by atoms with Crippen molar-refractivity contribution in [1.82, 2.24) is 30.2 Å². The van der Waals surface area contributed by atoms with Gasteiger partial charge in [-0.3, -0.25) is 14.7 Å². The number of hydrogen-bond acceptors (Lipinski definition) is 5. The van der Waals surface area contributed by atoms with Crippen molar-refractivity contribution in [3.05, 3.63) is 77.4 Å². The number of nitrogens with one attached hydrogen (secondary N) is 1. The van der Waals surface area contributed by atoms with Crippen molar-refractivity contribution in [2.24, 2.45) is 0 Å². The number of rotatable bonds is 7. The smallest absolute Gasteiger partial charge is 0.220 e. The lowest BCUT2D eigenvalue weighted by molar-refractivity contribution is -0.121. The number of fused-ring (bicyclic) bond motifs is 1. The normalized spacial score (nSPS) is 13.9. The van der Waals surface area contributed by atoms with Crippen LogP contribution >= 0.6 is 0 Å². The predicted molar refractivity (Wildman–Crippen MR) is 105 cm³/mol. The van der Waals surface area contributed by atoms with Gasteiger partial charge in [-0.15, -0.1) is 5.10 Å². The number of pyridine rings is 1. The van der Waals surface area contributed by atoms with E-state index in [-0.39, 0.29) is 5.91 Å². The maximum Gasteiger partial charge on any atom is 0.220 e. The number of aryl methyl sites for hydroxylation is 1. The first-order valence-electron chi connectivity index (χ1n) is 9.61. The maximum absolute atomic E-state index is 12.2. The van der Waals surface area contributed by atoms with Crippen LogP contribution in [0.3, 0.4) is 0 Å². The summed E-state index contributed by atoms with van der Waals surface area (Å²) in [4.78, 5) is 18.7. The van der Waals surface area contributed by atoms with Gasteiger partial charge in [0, 0.05) is 51.4 Å². The van der Waals surface area contributed by atoms with Gasteiger partial charge < -0.3 is 5.32 Å². The van der Waals surface area contributed by atoms with Crippen molar-refractivity contribution in [3.8, 4) is 0 Å². The highest BCUT2D eigenvalue weighted by Crippen LogP contribution is 2.18. The highest BCUT2D eigenvalue weighted by atomic mass is 16.1. The standard InChI is InChI=1S/C21H24N6O/c28-21(23-14-17-4-2-1-3-5-17)7-6-19-20-16-26(12-13-27(20)25-24-19)15-18-8-10-22-11-9-18/h1-5,8-11H,6-7,12-16H2,(H,23,28). The number of carbonyl (C=O) groups is 1. The molecule has 0 bridgehead atoms. The van der Waals surface area contributed by atoms with E-state index in [0.717, 1.165) is 43.1 Å². The fourth-order valence-electron chi connectivity index (χ4n) is 3.44. The van der Waals surface area contributed by atoms with Gasteiger partial charge in [-0.2, -0.15) is 0 Å². The Kier molecular flexibility index (Phi) is 5.72. The molecule has 7 nitrogen and oxygen atoms in total. The Morgan fingerprint density at radius 2 is 1.86 bits per heavy atom. The highest BCUT2D eigenvalue weighted by Gasteiger charge is 2.22. The second-order valence-corrected chi connectivity index (χ2v) is 7.03. The van der Waals surface area contributed by atoms with Gasteiger partial charge in [0.2, 0.25) is 5.91 Å². The Hall–Kier alpha value is -3.06. The zero-order valence-electron chi connectivity index (χ0n) is 15.8. The number of nitrogens with zero attached hydrogens (tertiary/aromatic N) is 5. The molecule has 1 aliphatic heterocycles. The molecule has 0 spiro atoms. The van der Waals surface area contributed by atoms with E-state index in [1.807, 2.05) is 59.5 Å². The summed E-state index contributed by atoms with van der Waals surface area (Å²) in [5, 5.41) is 11.6. The molecule has 0 unspecified atom stereocenters. The Bertz CT molecular complexity index is 909. The Morgan fingerprint density at radius 1 is 1.04 bits per heavy atom. The van der Waals surface area contributed by atoms with Crippen LogP contribution in [0.25, 0.3) is 0 Å². The molecule has 0 radical (unpaired) electrons. The monoisotopic (exact) mass is 376 g/mol. The van der Waals surface area contributed by atoms with Crippen molar-refractivity contribution >= 4 is 5.91 Å². The summed E-state index contributed by atoms with van der Waals surface area (Å²) < 4.78 is 1.97. The molecule has 2 aromatic heterocycles. The zero-order valence-corrected chi connectivity index (χ0v) is 15.8. The van der Waals surface area contributed by atoms with Crippen molar-refractivity contribution in [1.29, 1.82) is 0 Å². The van der Waals surface area contributed by atoms with Crippen LogP contribution in [0.4, 0.5) is 0 Å². The molecule has 1 aliphatic rings. The zero-order chi connectivity index (χ0) is 19.2. The maximum atomic E-state index is 12.2. The molecule has 0 aliphatic carbocycles. The topological polar surface area (TPSA) is 75.9 Å². The van der Waals surface area contributed by atoms with Gasteiger partial charge in [0.15, 0.2) is 0 Å². The van der Waals surface area contributed by atoms with E-state index in [1.54, 1.807) is 0 Å². The average molecular weight is 376 g/mol. The van der Waals surface area contributed by atoms with E-state index in [9.17, 15) is 4.79 Å². The van der Waals surface area contributed by atoms with Gasteiger partial charge in [-0.25, -0.2) is 4.68 Å². The molecular formula is C21H24N6O. The van der Waals surface area contributed by atoms with Crippen molar-refractivity contribution in [2.75, 3.05) is 6.54 Å². The van der Waals surface area contributed by atoms with E-state index in [0.29, 0.717) is 19.4 Å². The van der Waals surface area contributed by atoms with E-state index in [2.05, 4.69) is 25.5 Å². The number of benzene rings is 1. The van der Waals surface area contributed by atoms with Crippen LogP contribution in [0.15, 0.2) is 54.9 Å². The Balaban J connectivity index is 1.31. The first-order valence-corrected chi connectivity index (χ1v) is 9.61. The lowest BCUT2D eigenvalue weighted by Crippen LogP contribution is -2.34. The molecule has 1 amide bonds. The third-order valence-corrected chi connectivity index (χ3v) is 5.00.